The molecule has 0 atom stereocenters. The molecule has 1 aromatic heterocycles. The number of hydrogen-bond acceptors (Lipinski definition) is 5. The standard InChI is InChI=1S/C14H13NO5S/c1-2-8-12(13(18)14(15)19)11-7(20-6-10(16)17)4-3-5-9(11)21-8/h3-5H,2,6H2,1H3,(H2,15,19)(H,16,17). The second-order valence-corrected chi connectivity index (χ2v) is 5.40. The maximum atomic E-state index is 12.0. The van der Waals surface area contributed by atoms with E-state index in [4.69, 9.17) is 15.6 Å². The minimum atomic E-state index is -1.12. The van der Waals surface area contributed by atoms with Gasteiger partial charge in [-0.2, -0.15) is 0 Å². The Kier molecular flexibility index (Phi) is 4.23. The fourth-order valence-electron chi connectivity index (χ4n) is 2.04. The van der Waals surface area contributed by atoms with E-state index < -0.39 is 24.3 Å². The second kappa shape index (κ2) is 5.92. The average Bonchev–Trinajstić information content (AvgIpc) is 2.82. The van der Waals surface area contributed by atoms with Gasteiger partial charge in [-0.3, -0.25) is 9.59 Å². The number of nitrogens with two attached hydrogens (primary N) is 1. The van der Waals surface area contributed by atoms with Crippen LogP contribution in [-0.4, -0.2) is 29.4 Å². The number of amides is 1. The normalized spacial score (nSPS) is 10.5. The zero-order valence-electron chi connectivity index (χ0n) is 11.2. The number of carbonyl (C=O) groups excluding carboxylic acids is 2. The monoisotopic (exact) mass is 307 g/mol. The van der Waals surface area contributed by atoms with E-state index >= 15 is 0 Å². The number of carbonyl (C=O) groups is 3. The Balaban J connectivity index is 2.65. The predicted molar refractivity (Wildman–Crippen MR) is 77.9 cm³/mol. The molecular weight excluding hydrogens is 294 g/mol. The maximum Gasteiger partial charge on any atom is 0.341 e. The zero-order chi connectivity index (χ0) is 15.6. The summed E-state index contributed by atoms with van der Waals surface area (Å²) >= 11 is 1.36. The summed E-state index contributed by atoms with van der Waals surface area (Å²) in [5, 5.41) is 9.15. The molecule has 0 unspecified atom stereocenters. The average molecular weight is 307 g/mol. The number of ether oxygens (including phenoxy) is 1. The molecule has 1 aromatic carbocycles. The van der Waals surface area contributed by atoms with Crippen LogP contribution in [0, 0.1) is 0 Å². The van der Waals surface area contributed by atoms with Crippen molar-refractivity contribution in [1.29, 1.82) is 0 Å². The molecule has 0 aliphatic rings. The fourth-order valence-corrected chi connectivity index (χ4v) is 3.20. The molecule has 0 radical (unpaired) electrons. The van der Waals surface area contributed by atoms with Gasteiger partial charge in [0, 0.05) is 15.0 Å². The number of carboxylic acids is 1. The zero-order valence-corrected chi connectivity index (χ0v) is 12.0. The lowest BCUT2D eigenvalue weighted by Gasteiger charge is -2.06. The van der Waals surface area contributed by atoms with Crippen LogP contribution < -0.4 is 10.5 Å². The number of benzene rings is 1. The summed E-state index contributed by atoms with van der Waals surface area (Å²) in [6.07, 6.45) is 0.562. The lowest BCUT2D eigenvalue weighted by molar-refractivity contribution is -0.139. The highest BCUT2D eigenvalue weighted by Gasteiger charge is 2.24. The van der Waals surface area contributed by atoms with Gasteiger partial charge in [-0.15, -0.1) is 11.3 Å². The van der Waals surface area contributed by atoms with Crippen LogP contribution in [0.1, 0.15) is 22.2 Å². The first kappa shape index (κ1) is 15.0. The van der Waals surface area contributed by atoms with Crippen molar-refractivity contribution in [2.45, 2.75) is 13.3 Å². The summed E-state index contributed by atoms with van der Waals surface area (Å²) in [6.45, 7) is 1.33. The summed E-state index contributed by atoms with van der Waals surface area (Å²) < 4.78 is 5.96. The largest absolute Gasteiger partial charge is 0.481 e. The molecule has 0 spiro atoms. The number of hydrogen-bond donors (Lipinski definition) is 2. The van der Waals surface area contributed by atoms with Gasteiger partial charge in [0.1, 0.15) is 5.75 Å². The van der Waals surface area contributed by atoms with E-state index in [-0.39, 0.29) is 11.3 Å². The van der Waals surface area contributed by atoms with Gasteiger partial charge in [0.15, 0.2) is 6.61 Å². The molecule has 7 heteroatoms. The Morgan fingerprint density at radius 1 is 1.33 bits per heavy atom. The van der Waals surface area contributed by atoms with Gasteiger partial charge in [-0.25, -0.2) is 4.79 Å². The Hall–Kier alpha value is -2.41. The van der Waals surface area contributed by atoms with Gasteiger partial charge in [0.2, 0.25) is 0 Å². The molecule has 0 fully saturated rings. The van der Waals surface area contributed by atoms with E-state index in [2.05, 4.69) is 0 Å². The lowest BCUT2D eigenvalue weighted by atomic mass is 10.0. The van der Waals surface area contributed by atoms with Crippen LogP contribution in [0.5, 0.6) is 5.75 Å². The Morgan fingerprint density at radius 3 is 2.62 bits per heavy atom. The minimum Gasteiger partial charge on any atom is -0.481 e. The van der Waals surface area contributed by atoms with Gasteiger partial charge >= 0.3 is 5.97 Å². The molecule has 21 heavy (non-hydrogen) atoms. The molecule has 2 aromatic rings. The molecule has 0 saturated heterocycles. The van der Waals surface area contributed by atoms with Crippen molar-refractivity contribution in [2.75, 3.05) is 6.61 Å². The highest BCUT2D eigenvalue weighted by atomic mass is 32.1. The SMILES string of the molecule is CCc1sc2cccc(OCC(=O)O)c2c1C(=O)C(N)=O. The summed E-state index contributed by atoms with van der Waals surface area (Å²) in [6, 6.07) is 5.05. The van der Waals surface area contributed by atoms with E-state index in [0.717, 1.165) is 9.58 Å². The number of aliphatic carboxylic acids is 1. The number of thiophene rings is 1. The molecular formula is C14H13NO5S. The number of aryl methyl sites for hydroxylation is 1. The van der Waals surface area contributed by atoms with Crippen molar-refractivity contribution in [3.05, 3.63) is 28.6 Å². The van der Waals surface area contributed by atoms with Crippen LogP contribution >= 0.6 is 11.3 Å². The van der Waals surface area contributed by atoms with Gasteiger partial charge in [-0.05, 0) is 18.6 Å². The van der Waals surface area contributed by atoms with E-state index in [9.17, 15) is 14.4 Å². The van der Waals surface area contributed by atoms with Gasteiger partial charge in [-0.1, -0.05) is 13.0 Å². The quantitative estimate of drug-likeness (QED) is 0.622. The number of Topliss-reactive ketones (excluding diaryl/α,β-unsaturated/α-hetero) is 1. The molecule has 1 amide bonds. The summed E-state index contributed by atoms with van der Waals surface area (Å²) in [5.74, 6) is -2.70. The van der Waals surface area contributed by atoms with Crippen molar-refractivity contribution >= 4 is 39.1 Å². The van der Waals surface area contributed by atoms with E-state index in [1.165, 1.54) is 11.3 Å². The van der Waals surface area contributed by atoms with Gasteiger partial charge in [0.25, 0.3) is 11.7 Å². The molecule has 0 aliphatic carbocycles. The molecule has 0 aliphatic heterocycles. The Bertz CT molecular complexity index is 734. The molecule has 0 bridgehead atoms. The third-order valence-electron chi connectivity index (χ3n) is 2.87. The third kappa shape index (κ3) is 2.87. The Labute approximate surface area is 124 Å². The topological polar surface area (TPSA) is 107 Å². The number of carboxylic acid groups (broad SMARTS) is 1. The maximum absolute atomic E-state index is 12.0. The number of ketones is 1. The van der Waals surface area contributed by atoms with Gasteiger partial charge in [0.05, 0.1) is 5.56 Å². The summed E-state index contributed by atoms with van der Waals surface area (Å²) in [7, 11) is 0. The molecule has 2 rings (SSSR count). The summed E-state index contributed by atoms with van der Waals surface area (Å²) in [5.41, 5.74) is 5.31. The smallest absolute Gasteiger partial charge is 0.341 e. The Morgan fingerprint density at radius 2 is 2.05 bits per heavy atom. The first-order valence-electron chi connectivity index (χ1n) is 6.18. The third-order valence-corrected chi connectivity index (χ3v) is 4.17. The van der Waals surface area contributed by atoms with Crippen molar-refractivity contribution in [2.24, 2.45) is 5.73 Å². The van der Waals surface area contributed by atoms with Gasteiger partial charge < -0.3 is 15.6 Å². The highest BCUT2D eigenvalue weighted by molar-refractivity contribution is 7.19. The second-order valence-electron chi connectivity index (χ2n) is 4.26. The van der Waals surface area contributed by atoms with Crippen molar-refractivity contribution < 1.29 is 24.2 Å². The molecule has 3 N–H and O–H groups in total. The van der Waals surface area contributed by atoms with E-state index in [1.54, 1.807) is 18.2 Å². The number of rotatable bonds is 6. The van der Waals surface area contributed by atoms with Crippen LogP contribution in [0.2, 0.25) is 0 Å². The first-order valence-corrected chi connectivity index (χ1v) is 7.00. The predicted octanol–water partition coefficient (Wildman–Crippen LogP) is 1.60. The van der Waals surface area contributed by atoms with Crippen LogP contribution in [0.3, 0.4) is 0 Å². The number of fused-ring (bicyclic) bond motifs is 1. The van der Waals surface area contributed by atoms with Crippen LogP contribution in [-0.2, 0) is 16.0 Å². The van der Waals surface area contributed by atoms with Crippen LogP contribution in [0.15, 0.2) is 18.2 Å². The van der Waals surface area contributed by atoms with Crippen LogP contribution in [0.4, 0.5) is 0 Å². The number of primary amides is 1. The molecule has 6 nitrogen and oxygen atoms in total. The highest BCUT2D eigenvalue weighted by Crippen LogP contribution is 2.38. The van der Waals surface area contributed by atoms with E-state index in [0.29, 0.717) is 11.8 Å². The van der Waals surface area contributed by atoms with E-state index in [1.807, 2.05) is 6.92 Å². The summed E-state index contributed by atoms with van der Waals surface area (Å²) in [4.78, 5) is 34.6. The fraction of sp³-hybridized carbons (Fsp3) is 0.214. The van der Waals surface area contributed by atoms with Crippen LogP contribution in [0.25, 0.3) is 10.1 Å². The lowest BCUT2D eigenvalue weighted by Crippen LogP contribution is -2.23. The molecule has 110 valence electrons. The van der Waals surface area contributed by atoms with Crippen molar-refractivity contribution in [3.8, 4) is 5.75 Å². The van der Waals surface area contributed by atoms with Crippen molar-refractivity contribution in [1.82, 2.24) is 0 Å². The van der Waals surface area contributed by atoms with Crippen molar-refractivity contribution in [3.63, 3.8) is 0 Å². The first-order chi connectivity index (χ1) is 9.95. The molecule has 0 saturated carbocycles. The molecule has 1 heterocycles. The minimum absolute atomic E-state index is 0.214.